The SMILES string of the molecule is Clc1c(Cl)c(Cl)c([C](c2c(Cl)c(Cl)c(Cl)c(Cl)c2Cl)c2c(Cl)c(Cl)c(Br)c(Cl)c2Cl)c(Cl)c1Cl. The zero-order valence-corrected chi connectivity index (χ0v) is 27.3. The van der Waals surface area contributed by atoms with Crippen molar-refractivity contribution in [3.05, 3.63) is 97.4 Å². The molecule has 3 aromatic carbocycles. The third-order valence-corrected chi connectivity index (χ3v) is 11.9. The van der Waals surface area contributed by atoms with E-state index in [1.807, 2.05) is 0 Å². The van der Waals surface area contributed by atoms with Gasteiger partial charge in [0.2, 0.25) is 0 Å². The van der Waals surface area contributed by atoms with Crippen LogP contribution >= 0.6 is 178 Å². The molecule has 0 saturated heterocycles. The molecular formula is C19BrCl14. The van der Waals surface area contributed by atoms with Gasteiger partial charge in [-0.05, 0) is 15.9 Å². The summed E-state index contributed by atoms with van der Waals surface area (Å²) in [6, 6.07) is 0. The van der Waals surface area contributed by atoms with Crippen molar-refractivity contribution in [3.8, 4) is 0 Å². The number of hydrogen-bond acceptors (Lipinski definition) is 0. The van der Waals surface area contributed by atoms with Crippen molar-refractivity contribution in [2.24, 2.45) is 0 Å². The molecule has 3 rings (SSSR count). The summed E-state index contributed by atoms with van der Waals surface area (Å²) in [6.45, 7) is 0. The lowest BCUT2D eigenvalue weighted by atomic mass is 9.84. The lowest BCUT2D eigenvalue weighted by Gasteiger charge is -2.27. The second-order valence-corrected chi connectivity index (χ2v) is 12.3. The maximum absolute atomic E-state index is 6.62. The molecule has 0 atom stereocenters. The van der Waals surface area contributed by atoms with Crippen LogP contribution in [0.25, 0.3) is 0 Å². The fourth-order valence-corrected chi connectivity index (χ4v) is 7.17. The number of hydrogen-bond donors (Lipinski definition) is 0. The van der Waals surface area contributed by atoms with Crippen LogP contribution in [0.1, 0.15) is 16.7 Å². The fourth-order valence-electron chi connectivity index (χ4n) is 2.85. The zero-order chi connectivity index (χ0) is 26.0. The molecule has 0 heterocycles. The van der Waals surface area contributed by atoms with Crippen LogP contribution in [-0.4, -0.2) is 0 Å². The van der Waals surface area contributed by atoms with Crippen LogP contribution in [-0.2, 0) is 0 Å². The molecule has 0 aliphatic carbocycles. The monoisotopic (exact) mass is 796 g/mol. The van der Waals surface area contributed by atoms with Crippen LogP contribution in [0.4, 0.5) is 0 Å². The Bertz CT molecular complexity index is 1110. The Hall–Kier alpha value is 2.20. The molecule has 0 N–H and O–H groups in total. The van der Waals surface area contributed by atoms with Gasteiger partial charge in [-0.15, -0.1) is 0 Å². The average Bonchev–Trinajstić information content (AvgIpc) is 2.81. The van der Waals surface area contributed by atoms with Crippen molar-refractivity contribution < 1.29 is 0 Å². The number of rotatable bonds is 3. The summed E-state index contributed by atoms with van der Waals surface area (Å²) in [5.74, 6) is -0.00256. The Balaban J connectivity index is 2.68. The van der Waals surface area contributed by atoms with E-state index in [1.165, 1.54) is 0 Å². The van der Waals surface area contributed by atoms with Gasteiger partial charge >= 0.3 is 0 Å². The Morgan fingerprint density at radius 2 is 0.471 bits per heavy atom. The van der Waals surface area contributed by atoms with Crippen molar-refractivity contribution in [1.82, 2.24) is 0 Å². The summed E-state index contributed by atoms with van der Waals surface area (Å²) in [7, 11) is 0. The molecular weight excluding hydrogens is 804 g/mol. The van der Waals surface area contributed by atoms with Gasteiger partial charge in [0.1, 0.15) is 0 Å². The minimum atomic E-state index is -0.146. The van der Waals surface area contributed by atoms with Crippen molar-refractivity contribution in [2.75, 3.05) is 0 Å². The van der Waals surface area contributed by atoms with Crippen LogP contribution in [0.3, 0.4) is 0 Å². The van der Waals surface area contributed by atoms with Crippen molar-refractivity contribution in [2.45, 2.75) is 0 Å². The van der Waals surface area contributed by atoms with Gasteiger partial charge in [0.15, 0.2) is 0 Å². The van der Waals surface area contributed by atoms with Crippen LogP contribution in [0.2, 0.25) is 70.3 Å². The first-order valence-electron chi connectivity index (χ1n) is 8.08. The fraction of sp³-hybridized carbons (Fsp3) is 0. The van der Waals surface area contributed by atoms with Crippen LogP contribution < -0.4 is 0 Å². The van der Waals surface area contributed by atoms with Gasteiger partial charge in [-0.25, -0.2) is 0 Å². The Morgan fingerprint density at radius 1 is 0.294 bits per heavy atom. The lowest BCUT2D eigenvalue weighted by molar-refractivity contribution is 1.23. The zero-order valence-electron chi connectivity index (χ0n) is 15.2. The van der Waals surface area contributed by atoms with E-state index in [9.17, 15) is 0 Å². The van der Waals surface area contributed by atoms with E-state index in [4.69, 9.17) is 162 Å². The quantitative estimate of drug-likeness (QED) is 0.141. The van der Waals surface area contributed by atoms with E-state index in [0.29, 0.717) is 0 Å². The van der Waals surface area contributed by atoms with E-state index in [1.54, 1.807) is 0 Å². The van der Waals surface area contributed by atoms with Crippen LogP contribution in [0.15, 0.2) is 4.47 Å². The van der Waals surface area contributed by atoms with Gasteiger partial charge in [-0.2, -0.15) is 0 Å². The van der Waals surface area contributed by atoms with Crippen LogP contribution in [0.5, 0.6) is 0 Å². The molecule has 0 aliphatic heterocycles. The molecule has 1 radical (unpaired) electrons. The van der Waals surface area contributed by atoms with Gasteiger partial charge < -0.3 is 0 Å². The largest absolute Gasteiger partial charge is 0.0823 e. The molecule has 0 aromatic heterocycles. The Labute approximate surface area is 272 Å². The van der Waals surface area contributed by atoms with Crippen LogP contribution in [0, 0.1) is 5.92 Å². The molecule has 0 unspecified atom stereocenters. The predicted molar refractivity (Wildman–Crippen MR) is 158 cm³/mol. The van der Waals surface area contributed by atoms with Crippen molar-refractivity contribution in [3.63, 3.8) is 0 Å². The van der Waals surface area contributed by atoms with Crippen molar-refractivity contribution >= 4 is 178 Å². The van der Waals surface area contributed by atoms with E-state index in [0.717, 1.165) is 0 Å². The normalized spacial score (nSPS) is 11.6. The first kappa shape index (κ1) is 30.7. The third kappa shape index (κ3) is 5.07. The highest BCUT2D eigenvalue weighted by molar-refractivity contribution is 9.10. The molecule has 0 fully saturated rings. The molecule has 0 saturated carbocycles. The molecule has 0 amide bonds. The second-order valence-electron chi connectivity index (χ2n) is 6.21. The summed E-state index contributed by atoms with van der Waals surface area (Å²) < 4.78 is 0.225. The molecule has 15 heteroatoms. The minimum Gasteiger partial charge on any atom is -0.0823 e. The first-order valence-corrected chi connectivity index (χ1v) is 14.2. The first-order chi connectivity index (χ1) is 15.7. The average molecular weight is 804 g/mol. The number of halogens is 15. The second kappa shape index (κ2) is 11.7. The van der Waals surface area contributed by atoms with E-state index in [-0.39, 0.29) is 97.4 Å². The highest BCUT2D eigenvalue weighted by Gasteiger charge is 2.37. The molecule has 0 spiro atoms. The Kier molecular flexibility index (Phi) is 10.6. The summed E-state index contributed by atoms with van der Waals surface area (Å²) >= 11 is 93.3. The maximum Gasteiger partial charge on any atom is 0.0809 e. The highest BCUT2D eigenvalue weighted by Crippen LogP contribution is 2.58. The minimum absolute atomic E-state index is 0.000344. The molecule has 0 bridgehead atoms. The summed E-state index contributed by atoms with van der Waals surface area (Å²) in [5.41, 5.74) is -0.0171. The van der Waals surface area contributed by atoms with E-state index < -0.39 is 0 Å². The molecule has 0 nitrogen and oxygen atoms in total. The van der Waals surface area contributed by atoms with E-state index >= 15 is 0 Å². The van der Waals surface area contributed by atoms with E-state index in [2.05, 4.69) is 15.9 Å². The molecule has 0 aliphatic rings. The third-order valence-electron chi connectivity index (χ3n) is 4.38. The standard InChI is InChI=1S/C19BrCl14/c20-5-12(27)6(21)2(7(22)13(5)28)1(3-8(23)14(29)18(33)15(30)9(3)24)4-10(25)16(31)19(34)17(32)11(4)26. The molecule has 3 aromatic rings. The molecule has 34 heavy (non-hydrogen) atoms. The lowest BCUT2D eigenvalue weighted by Crippen LogP contribution is -2.11. The summed E-state index contributed by atoms with van der Waals surface area (Å²) in [4.78, 5) is 0. The highest BCUT2D eigenvalue weighted by atomic mass is 79.9. The van der Waals surface area contributed by atoms with Gasteiger partial charge in [-0.1, -0.05) is 162 Å². The summed E-state index contributed by atoms with van der Waals surface area (Å²) in [6.07, 6.45) is 0. The Morgan fingerprint density at radius 3 is 0.706 bits per heavy atom. The smallest absolute Gasteiger partial charge is 0.0809 e. The molecule has 181 valence electrons. The summed E-state index contributed by atoms with van der Waals surface area (Å²) in [5, 5.41) is -1.49. The number of benzene rings is 3. The van der Waals surface area contributed by atoms with Gasteiger partial charge in [0.05, 0.1) is 80.7 Å². The topological polar surface area (TPSA) is 0 Å². The van der Waals surface area contributed by atoms with Crippen molar-refractivity contribution in [1.29, 1.82) is 0 Å². The predicted octanol–water partition coefficient (Wildman–Crippen LogP) is 14.6. The maximum atomic E-state index is 6.62. The van der Waals surface area contributed by atoms with Gasteiger partial charge in [-0.3, -0.25) is 0 Å². The van der Waals surface area contributed by atoms with Gasteiger partial charge in [0.25, 0.3) is 0 Å². The van der Waals surface area contributed by atoms with Gasteiger partial charge in [0, 0.05) is 16.7 Å².